The van der Waals surface area contributed by atoms with Crippen molar-refractivity contribution in [2.45, 2.75) is 64.3 Å². The predicted octanol–water partition coefficient (Wildman–Crippen LogP) is 5.37. The maximum Gasteiger partial charge on any atom is 0.573 e. The van der Waals surface area contributed by atoms with E-state index in [1.807, 2.05) is 18.2 Å². The number of nitrogens with zero attached hydrogens (tertiary/aromatic N) is 4. The summed E-state index contributed by atoms with van der Waals surface area (Å²) in [5.41, 5.74) is 9.72. The van der Waals surface area contributed by atoms with E-state index in [0.717, 1.165) is 23.2 Å². The zero-order valence-electron chi connectivity index (χ0n) is 22.9. The van der Waals surface area contributed by atoms with Crippen LogP contribution in [0.3, 0.4) is 0 Å². The number of amides is 1. The Bertz CT molecular complexity index is 1690. The molecule has 220 valence electrons. The minimum atomic E-state index is -4.81. The van der Waals surface area contributed by atoms with Crippen LogP contribution in [0.5, 0.6) is 5.75 Å². The summed E-state index contributed by atoms with van der Waals surface area (Å²) in [6, 6.07) is 11.1. The fourth-order valence-corrected chi connectivity index (χ4v) is 6.23. The molecule has 1 saturated carbocycles. The molecule has 42 heavy (non-hydrogen) atoms. The number of aromatic nitrogens is 4. The van der Waals surface area contributed by atoms with E-state index in [1.54, 1.807) is 15.6 Å². The highest BCUT2D eigenvalue weighted by Gasteiger charge is 2.31. The van der Waals surface area contributed by atoms with Crippen molar-refractivity contribution in [1.82, 2.24) is 20.0 Å². The van der Waals surface area contributed by atoms with Crippen LogP contribution in [0.25, 0.3) is 22.2 Å². The third-order valence-electron chi connectivity index (χ3n) is 8.21. The first-order valence-electron chi connectivity index (χ1n) is 14.2. The molecule has 0 saturated heterocycles. The Morgan fingerprint density at radius 2 is 1.93 bits per heavy atom. The molecule has 9 nitrogen and oxygen atoms in total. The molecule has 0 atom stereocenters. The zero-order chi connectivity index (χ0) is 29.4. The Kier molecular flexibility index (Phi) is 7.38. The number of ether oxygens (including phenoxy) is 1. The van der Waals surface area contributed by atoms with Crippen molar-refractivity contribution in [3.05, 3.63) is 63.9 Å². The molecule has 2 aliphatic rings. The molecule has 1 aliphatic heterocycles. The van der Waals surface area contributed by atoms with Gasteiger partial charge in [-0.1, -0.05) is 50.3 Å². The molecule has 2 aromatic heterocycles. The number of rotatable bonds is 7. The van der Waals surface area contributed by atoms with E-state index in [-0.39, 0.29) is 29.5 Å². The van der Waals surface area contributed by atoms with Crippen LogP contribution in [0.4, 0.5) is 24.7 Å². The van der Waals surface area contributed by atoms with Gasteiger partial charge in [0.15, 0.2) is 5.82 Å². The molecule has 1 aliphatic carbocycles. The Morgan fingerprint density at radius 3 is 2.71 bits per heavy atom. The monoisotopic (exact) mass is 580 g/mol. The molecule has 2 aromatic carbocycles. The van der Waals surface area contributed by atoms with E-state index in [9.17, 15) is 22.8 Å². The minimum Gasteiger partial charge on any atom is -0.406 e. The summed E-state index contributed by atoms with van der Waals surface area (Å²) < 4.78 is 43.6. The van der Waals surface area contributed by atoms with Gasteiger partial charge < -0.3 is 15.4 Å². The number of nitrogen functional groups attached to an aromatic ring is 1. The smallest absolute Gasteiger partial charge is 0.406 e. The lowest BCUT2D eigenvalue weighted by Gasteiger charge is -2.21. The largest absolute Gasteiger partial charge is 0.573 e. The van der Waals surface area contributed by atoms with Crippen LogP contribution in [0.15, 0.2) is 47.3 Å². The number of benzene rings is 2. The first-order valence-corrected chi connectivity index (χ1v) is 14.2. The molecule has 0 unspecified atom stereocenters. The number of hydrogen-bond acceptors (Lipinski definition) is 6. The fourth-order valence-electron chi connectivity index (χ4n) is 6.23. The van der Waals surface area contributed by atoms with Gasteiger partial charge in [0, 0.05) is 24.3 Å². The van der Waals surface area contributed by atoms with Gasteiger partial charge >= 0.3 is 6.36 Å². The van der Waals surface area contributed by atoms with Crippen LogP contribution in [0.1, 0.15) is 49.7 Å². The Morgan fingerprint density at radius 1 is 1.12 bits per heavy atom. The molecule has 6 rings (SSSR count). The lowest BCUT2D eigenvalue weighted by Crippen LogP contribution is -2.30. The number of H-pyrrole nitrogens is 1. The lowest BCUT2D eigenvalue weighted by molar-refractivity contribution is -0.274. The minimum absolute atomic E-state index is 0.0722. The van der Waals surface area contributed by atoms with Gasteiger partial charge in [0.05, 0.1) is 11.8 Å². The molecule has 0 bridgehead atoms. The van der Waals surface area contributed by atoms with Crippen molar-refractivity contribution in [3.8, 4) is 17.0 Å². The average molecular weight is 581 g/mol. The highest BCUT2D eigenvalue weighted by atomic mass is 19.4. The van der Waals surface area contributed by atoms with Crippen molar-refractivity contribution in [1.29, 1.82) is 0 Å². The number of halogens is 3. The summed E-state index contributed by atoms with van der Waals surface area (Å²) in [6.07, 6.45) is 2.79. The van der Waals surface area contributed by atoms with Crippen molar-refractivity contribution in [2.75, 3.05) is 17.2 Å². The van der Waals surface area contributed by atoms with Gasteiger partial charge in [-0.3, -0.25) is 14.3 Å². The highest BCUT2D eigenvalue weighted by molar-refractivity contribution is 6.01. The second-order valence-corrected chi connectivity index (χ2v) is 11.0. The van der Waals surface area contributed by atoms with E-state index < -0.39 is 6.36 Å². The first-order chi connectivity index (χ1) is 20.2. The number of nitrogens with one attached hydrogen (secondary N) is 1. The fraction of sp³-hybridized carbons (Fsp3) is 0.400. The van der Waals surface area contributed by atoms with Crippen LogP contribution in [-0.2, 0) is 24.2 Å². The molecule has 1 amide bonds. The summed E-state index contributed by atoms with van der Waals surface area (Å²) in [5, 5.41) is 11.8. The normalized spacial score (nSPS) is 15.7. The lowest BCUT2D eigenvalue weighted by atomic mass is 9.87. The molecule has 4 aromatic rings. The van der Waals surface area contributed by atoms with E-state index in [1.165, 1.54) is 50.3 Å². The van der Waals surface area contributed by atoms with Crippen LogP contribution >= 0.6 is 0 Å². The van der Waals surface area contributed by atoms with Gasteiger partial charge in [-0.15, -0.1) is 13.2 Å². The number of anilines is 2. The highest BCUT2D eigenvalue weighted by Crippen LogP contribution is 2.36. The molecule has 12 heteroatoms. The van der Waals surface area contributed by atoms with Gasteiger partial charge in [-0.25, -0.2) is 5.10 Å². The van der Waals surface area contributed by atoms with Crippen molar-refractivity contribution < 1.29 is 22.7 Å². The van der Waals surface area contributed by atoms with Gasteiger partial charge in [0.1, 0.15) is 17.0 Å². The Balaban J connectivity index is 1.25. The number of hydrogen-bond donors (Lipinski definition) is 2. The van der Waals surface area contributed by atoms with Gasteiger partial charge in [0.25, 0.3) is 5.56 Å². The summed E-state index contributed by atoms with van der Waals surface area (Å²) in [6.45, 7) is 1.05. The predicted molar refractivity (Wildman–Crippen MR) is 152 cm³/mol. The second-order valence-electron chi connectivity index (χ2n) is 11.0. The number of aryl methyl sites for hydroxylation is 1. The van der Waals surface area contributed by atoms with Crippen LogP contribution in [0, 0.1) is 5.92 Å². The number of carbonyl (C=O) groups excluding carboxylic acids is 1. The SMILES string of the molecule is Nc1n[nH]c(=O)c2c1c(-c1ccc3c(c1)CCN3C(=O)Cc1cccc(OC(F)(F)F)c1)nn2CCC1CCCCC1. The number of fused-ring (bicyclic) bond motifs is 2. The van der Waals surface area contributed by atoms with E-state index in [2.05, 4.69) is 14.9 Å². The topological polar surface area (TPSA) is 119 Å². The molecule has 3 N–H and O–H groups in total. The van der Waals surface area contributed by atoms with E-state index in [4.69, 9.17) is 10.8 Å². The molecule has 1 fully saturated rings. The van der Waals surface area contributed by atoms with Crippen molar-refractivity contribution in [3.63, 3.8) is 0 Å². The van der Waals surface area contributed by atoms with Crippen LogP contribution in [0.2, 0.25) is 0 Å². The zero-order valence-corrected chi connectivity index (χ0v) is 22.9. The number of alkyl halides is 3. The third-order valence-corrected chi connectivity index (χ3v) is 8.21. The Hall–Kier alpha value is -4.35. The van der Waals surface area contributed by atoms with Gasteiger partial charge in [-0.05, 0) is 54.2 Å². The standard InChI is InChI=1S/C30H31F3N6O3/c31-30(32,33)42-22-8-4-7-19(15-22)16-24(40)38-13-12-20-17-21(9-10-23(20)38)26-25-27(29(41)36-35-28(25)34)39(37-26)14-11-18-5-2-1-3-6-18/h4,7-10,15,17-18H,1-3,5-6,11-14,16H2,(H2,34,35)(H,36,41). The van der Waals surface area contributed by atoms with Crippen LogP contribution in [-0.4, -0.2) is 38.8 Å². The van der Waals surface area contributed by atoms with Crippen molar-refractivity contribution >= 4 is 28.3 Å². The molecular formula is C30H31F3N6O3. The molecular weight excluding hydrogens is 549 g/mol. The number of aromatic amines is 1. The van der Waals surface area contributed by atoms with Gasteiger partial charge in [0.2, 0.25) is 5.91 Å². The first kappa shape index (κ1) is 27.8. The van der Waals surface area contributed by atoms with Crippen molar-refractivity contribution in [2.24, 2.45) is 5.92 Å². The molecule has 0 radical (unpaired) electrons. The average Bonchev–Trinajstić information content (AvgIpc) is 3.56. The summed E-state index contributed by atoms with van der Waals surface area (Å²) in [4.78, 5) is 27.7. The number of carbonyl (C=O) groups is 1. The summed E-state index contributed by atoms with van der Waals surface area (Å²) in [5.74, 6) is 0.209. The summed E-state index contributed by atoms with van der Waals surface area (Å²) >= 11 is 0. The van der Waals surface area contributed by atoms with E-state index >= 15 is 0 Å². The van der Waals surface area contributed by atoms with E-state index in [0.29, 0.717) is 47.6 Å². The summed E-state index contributed by atoms with van der Waals surface area (Å²) in [7, 11) is 0. The number of nitrogens with two attached hydrogens (primary N) is 1. The maximum atomic E-state index is 13.2. The quantitative estimate of drug-likeness (QED) is 0.303. The van der Waals surface area contributed by atoms with Gasteiger partial charge in [-0.2, -0.15) is 10.2 Å². The molecule has 0 spiro atoms. The molecule has 3 heterocycles. The second kappa shape index (κ2) is 11.1. The maximum absolute atomic E-state index is 13.2. The Labute approximate surface area is 239 Å². The van der Waals surface area contributed by atoms with Crippen LogP contribution < -0.4 is 20.9 Å². The third kappa shape index (κ3) is 5.70.